The Morgan fingerprint density at radius 3 is 2.36 bits per heavy atom. The molecule has 2 aromatic carbocycles. The fourth-order valence-corrected chi connectivity index (χ4v) is 2.98. The molecule has 1 amide bonds. The van der Waals surface area contributed by atoms with Gasteiger partial charge in [-0.15, -0.1) is 5.10 Å². The van der Waals surface area contributed by atoms with E-state index in [2.05, 4.69) is 15.0 Å². The van der Waals surface area contributed by atoms with Crippen LogP contribution in [0.5, 0.6) is 11.5 Å². The quantitative estimate of drug-likeness (QED) is 0.478. The first-order chi connectivity index (χ1) is 15.5. The third-order valence-corrected chi connectivity index (χ3v) is 4.42. The van der Waals surface area contributed by atoms with Crippen LogP contribution in [-0.2, 0) is 12.7 Å². The van der Waals surface area contributed by atoms with Crippen LogP contribution in [0.4, 0.5) is 26.3 Å². The monoisotopic (exact) mass is 474 g/mol. The lowest BCUT2D eigenvalue weighted by Crippen LogP contribution is -2.29. The summed E-state index contributed by atoms with van der Waals surface area (Å²) < 4.78 is 89.4. The average molecular weight is 474 g/mol. The van der Waals surface area contributed by atoms with Gasteiger partial charge in [0.1, 0.15) is 5.82 Å². The molecule has 0 N–H and O–H groups in total. The number of benzene rings is 2. The number of amides is 1. The van der Waals surface area contributed by atoms with E-state index < -0.39 is 35.9 Å². The fraction of sp³-hybridized carbons (Fsp3) is 0.250. The minimum Gasteiger partial charge on any atom is -0.493 e. The van der Waals surface area contributed by atoms with Gasteiger partial charge in [0, 0.05) is 13.6 Å². The number of rotatable bonds is 7. The van der Waals surface area contributed by atoms with Crippen LogP contribution in [0.25, 0.3) is 5.69 Å². The third-order valence-electron chi connectivity index (χ3n) is 4.42. The molecule has 0 saturated heterocycles. The van der Waals surface area contributed by atoms with Gasteiger partial charge in [-0.3, -0.25) is 4.79 Å². The Hall–Kier alpha value is -3.77. The number of carbonyl (C=O) groups excluding carboxylic acids is 1. The molecule has 0 aliphatic rings. The predicted molar refractivity (Wildman–Crippen MR) is 102 cm³/mol. The van der Waals surface area contributed by atoms with Crippen molar-refractivity contribution in [3.8, 4) is 17.2 Å². The molecule has 0 atom stereocenters. The van der Waals surface area contributed by atoms with Crippen molar-refractivity contribution in [2.24, 2.45) is 0 Å². The lowest BCUT2D eigenvalue weighted by molar-refractivity contribution is -0.143. The van der Waals surface area contributed by atoms with Crippen LogP contribution in [0.2, 0.25) is 0 Å². The van der Waals surface area contributed by atoms with Crippen molar-refractivity contribution < 1.29 is 40.6 Å². The van der Waals surface area contributed by atoms with Gasteiger partial charge in [-0.2, -0.15) is 22.0 Å². The second kappa shape index (κ2) is 9.38. The van der Waals surface area contributed by atoms with Crippen LogP contribution in [-0.4, -0.2) is 46.6 Å². The van der Waals surface area contributed by atoms with E-state index in [1.807, 2.05) is 0 Å². The van der Waals surface area contributed by atoms with Crippen LogP contribution in [0, 0.1) is 5.82 Å². The highest BCUT2D eigenvalue weighted by atomic mass is 19.4. The van der Waals surface area contributed by atoms with Crippen molar-refractivity contribution in [2.75, 3.05) is 14.2 Å². The first-order valence-corrected chi connectivity index (χ1v) is 9.17. The Bertz CT molecular complexity index is 1130. The molecule has 0 unspecified atom stereocenters. The molecular weight excluding hydrogens is 458 g/mol. The fourth-order valence-electron chi connectivity index (χ4n) is 2.98. The summed E-state index contributed by atoms with van der Waals surface area (Å²) >= 11 is 0. The van der Waals surface area contributed by atoms with Gasteiger partial charge in [0.2, 0.25) is 0 Å². The summed E-state index contributed by atoms with van der Waals surface area (Å²) in [5, 5.41) is 6.81. The summed E-state index contributed by atoms with van der Waals surface area (Å²) in [5.41, 5.74) is -2.29. The Labute approximate surface area is 183 Å². The minimum atomic E-state index is -5.01. The van der Waals surface area contributed by atoms with Gasteiger partial charge in [0.15, 0.2) is 22.9 Å². The molecule has 0 aliphatic carbocycles. The summed E-state index contributed by atoms with van der Waals surface area (Å²) in [6.45, 7) is -3.40. The molecule has 0 fully saturated rings. The molecule has 176 valence electrons. The highest BCUT2D eigenvalue weighted by Gasteiger charge is 2.42. The zero-order valence-electron chi connectivity index (χ0n) is 17.1. The van der Waals surface area contributed by atoms with Crippen molar-refractivity contribution in [3.63, 3.8) is 0 Å². The number of ether oxygens (including phenoxy) is 2. The summed E-state index contributed by atoms with van der Waals surface area (Å²) in [5.74, 6) is -2.08. The lowest BCUT2D eigenvalue weighted by atomic mass is 10.1. The number of hydrogen-bond donors (Lipinski definition) is 0. The van der Waals surface area contributed by atoms with E-state index in [0.29, 0.717) is 4.68 Å². The highest BCUT2D eigenvalue weighted by molar-refractivity contribution is 5.93. The molecule has 1 aromatic heterocycles. The maximum absolute atomic E-state index is 13.8. The van der Waals surface area contributed by atoms with Crippen molar-refractivity contribution in [3.05, 3.63) is 65.2 Å². The van der Waals surface area contributed by atoms with Crippen LogP contribution >= 0.6 is 0 Å². The molecule has 3 aromatic rings. The predicted octanol–water partition coefficient (Wildman–Crippen LogP) is 4.31. The van der Waals surface area contributed by atoms with E-state index in [0.717, 1.165) is 29.2 Å². The van der Waals surface area contributed by atoms with Crippen molar-refractivity contribution >= 4 is 5.91 Å². The molecule has 0 spiro atoms. The SMILES string of the molecule is COc1ccc(CN(C)C(=O)c2nnn(-c3ccc(F)cc3)c2C(F)(F)F)cc1OC(F)F. The third kappa shape index (κ3) is 5.35. The Balaban J connectivity index is 1.91. The van der Waals surface area contributed by atoms with E-state index in [4.69, 9.17) is 4.74 Å². The van der Waals surface area contributed by atoms with Gasteiger partial charge in [-0.05, 0) is 42.0 Å². The number of aromatic nitrogens is 3. The average Bonchev–Trinajstić information content (AvgIpc) is 3.19. The molecule has 0 bridgehead atoms. The van der Waals surface area contributed by atoms with Gasteiger partial charge >= 0.3 is 12.8 Å². The van der Waals surface area contributed by atoms with Crippen LogP contribution in [0.15, 0.2) is 42.5 Å². The molecule has 33 heavy (non-hydrogen) atoms. The number of hydrogen-bond acceptors (Lipinski definition) is 5. The molecule has 0 radical (unpaired) electrons. The minimum absolute atomic E-state index is 0.00891. The maximum atomic E-state index is 13.8. The summed E-state index contributed by atoms with van der Waals surface area (Å²) in [7, 11) is 2.45. The Morgan fingerprint density at radius 1 is 1.12 bits per heavy atom. The number of alkyl halides is 5. The lowest BCUT2D eigenvalue weighted by Gasteiger charge is -2.19. The number of methoxy groups -OCH3 is 1. The molecular formula is C20H16F6N4O3. The molecule has 7 nitrogen and oxygen atoms in total. The second-order valence-corrected chi connectivity index (χ2v) is 6.70. The molecule has 3 rings (SSSR count). The van der Waals surface area contributed by atoms with Crippen LogP contribution in [0.1, 0.15) is 21.7 Å². The number of carbonyl (C=O) groups is 1. The zero-order chi connectivity index (χ0) is 24.3. The molecule has 13 heteroatoms. The smallest absolute Gasteiger partial charge is 0.435 e. The van der Waals surface area contributed by atoms with Gasteiger partial charge < -0.3 is 14.4 Å². The van der Waals surface area contributed by atoms with Crippen molar-refractivity contribution in [2.45, 2.75) is 19.3 Å². The maximum Gasteiger partial charge on any atom is 0.435 e. The largest absolute Gasteiger partial charge is 0.493 e. The zero-order valence-corrected chi connectivity index (χ0v) is 17.1. The molecule has 1 heterocycles. The van der Waals surface area contributed by atoms with Crippen molar-refractivity contribution in [1.82, 2.24) is 19.9 Å². The topological polar surface area (TPSA) is 69.5 Å². The Morgan fingerprint density at radius 2 is 1.79 bits per heavy atom. The second-order valence-electron chi connectivity index (χ2n) is 6.70. The summed E-state index contributed by atoms with van der Waals surface area (Å²) in [6, 6.07) is 7.91. The molecule has 0 aliphatic heterocycles. The van der Waals surface area contributed by atoms with E-state index in [1.54, 1.807) is 0 Å². The van der Waals surface area contributed by atoms with E-state index in [-0.39, 0.29) is 29.3 Å². The van der Waals surface area contributed by atoms with Gasteiger partial charge in [-0.25, -0.2) is 9.07 Å². The van der Waals surface area contributed by atoms with Crippen LogP contribution in [0.3, 0.4) is 0 Å². The van der Waals surface area contributed by atoms with Crippen molar-refractivity contribution in [1.29, 1.82) is 0 Å². The van der Waals surface area contributed by atoms with Gasteiger partial charge in [0.05, 0.1) is 12.8 Å². The molecule has 0 saturated carbocycles. The summed E-state index contributed by atoms with van der Waals surface area (Å²) in [6.07, 6.45) is -5.01. The van der Waals surface area contributed by atoms with Gasteiger partial charge in [-0.1, -0.05) is 11.3 Å². The standard InChI is InChI=1S/C20H16F6N4O3/c1-29(10-11-3-8-14(32-2)15(9-11)33-19(22)23)18(31)16-17(20(24,25)26)30(28-27-16)13-6-4-12(21)5-7-13/h3-9,19H,10H2,1-2H3. The first-order valence-electron chi connectivity index (χ1n) is 9.17. The van der Waals surface area contributed by atoms with E-state index >= 15 is 0 Å². The van der Waals surface area contributed by atoms with Gasteiger partial charge in [0.25, 0.3) is 5.91 Å². The highest BCUT2D eigenvalue weighted by Crippen LogP contribution is 2.34. The number of nitrogens with zero attached hydrogens (tertiary/aromatic N) is 4. The first kappa shape index (κ1) is 23.9. The van der Waals surface area contributed by atoms with Crippen LogP contribution < -0.4 is 9.47 Å². The van der Waals surface area contributed by atoms with E-state index in [9.17, 15) is 31.1 Å². The number of halogens is 6. The Kier molecular flexibility index (Phi) is 6.79. The van der Waals surface area contributed by atoms with E-state index in [1.165, 1.54) is 32.4 Å². The normalized spacial score (nSPS) is 11.5. The summed E-state index contributed by atoms with van der Waals surface area (Å²) in [4.78, 5) is 13.7.